The van der Waals surface area contributed by atoms with E-state index in [1.807, 2.05) is 38.1 Å². The van der Waals surface area contributed by atoms with E-state index in [-0.39, 0.29) is 29.7 Å². The molecule has 0 unspecified atom stereocenters. The second-order valence-corrected chi connectivity index (χ2v) is 10.0. The van der Waals surface area contributed by atoms with E-state index < -0.39 is 5.69 Å². The Bertz CT molecular complexity index is 1490. The number of anilines is 1. The number of ether oxygens (including phenoxy) is 1. The number of amides is 1. The molecule has 10 nitrogen and oxygen atoms in total. The van der Waals surface area contributed by atoms with Gasteiger partial charge in [-0.05, 0) is 41.6 Å². The third kappa shape index (κ3) is 4.20. The third-order valence-corrected chi connectivity index (χ3v) is 7.18. The number of rotatable bonds is 6. The Morgan fingerprint density at radius 3 is 2.46 bits per heavy atom. The molecule has 1 aromatic carbocycles. The van der Waals surface area contributed by atoms with E-state index in [2.05, 4.69) is 10.00 Å². The van der Waals surface area contributed by atoms with Crippen LogP contribution in [-0.2, 0) is 17.9 Å². The maximum Gasteiger partial charge on any atom is 0.352 e. The van der Waals surface area contributed by atoms with Crippen LogP contribution in [0.4, 0.5) is 5.69 Å². The average Bonchev–Trinajstić information content (AvgIpc) is 3.47. The first-order valence-electron chi connectivity index (χ1n) is 11.6. The van der Waals surface area contributed by atoms with Gasteiger partial charge in [-0.15, -0.1) is 16.4 Å². The van der Waals surface area contributed by atoms with Crippen LogP contribution in [0, 0.1) is 5.92 Å². The number of thiophene rings is 1. The topological polar surface area (TPSA) is 94.1 Å². The maximum atomic E-state index is 13.3. The highest BCUT2D eigenvalue weighted by Crippen LogP contribution is 2.21. The monoisotopic (exact) mass is 496 g/mol. The Kier molecular flexibility index (Phi) is 6.10. The predicted octanol–water partition coefficient (Wildman–Crippen LogP) is 1.89. The third-order valence-electron chi connectivity index (χ3n) is 6.29. The molecule has 1 fully saturated rings. The molecular formula is C24H28N6O4S. The van der Waals surface area contributed by atoms with Crippen molar-refractivity contribution in [1.29, 1.82) is 0 Å². The molecule has 0 aliphatic carbocycles. The first-order chi connectivity index (χ1) is 16.9. The smallest absolute Gasteiger partial charge is 0.352 e. The lowest BCUT2D eigenvalue weighted by atomic mass is 10.2. The van der Waals surface area contributed by atoms with Crippen LogP contribution in [0.2, 0.25) is 0 Å². The maximum absolute atomic E-state index is 13.3. The van der Waals surface area contributed by atoms with Crippen molar-refractivity contribution in [3.63, 3.8) is 0 Å². The van der Waals surface area contributed by atoms with Crippen LogP contribution in [0.25, 0.3) is 16.0 Å². The summed E-state index contributed by atoms with van der Waals surface area (Å²) in [7, 11) is 1.64. The standard InChI is InChI=1S/C24H28N6O4S/c1-16(2)14-28-22(32)21-19(8-13-35-21)30-23(28)25-29(24(30)33)15-20(31)27-11-9-26(10-12-27)17-4-6-18(34-3)7-5-17/h4-8,13,16H,9-12,14-15H2,1-3H3. The van der Waals surface area contributed by atoms with Gasteiger partial charge < -0.3 is 14.5 Å². The van der Waals surface area contributed by atoms with Gasteiger partial charge in [0.25, 0.3) is 5.56 Å². The number of hydrogen-bond acceptors (Lipinski definition) is 7. The summed E-state index contributed by atoms with van der Waals surface area (Å²) in [6.07, 6.45) is 0. The Morgan fingerprint density at radius 1 is 1.09 bits per heavy atom. The van der Waals surface area contributed by atoms with Gasteiger partial charge in [0.05, 0.1) is 12.6 Å². The van der Waals surface area contributed by atoms with E-state index in [0.29, 0.717) is 42.9 Å². The van der Waals surface area contributed by atoms with E-state index in [4.69, 9.17) is 4.74 Å². The second-order valence-electron chi connectivity index (χ2n) is 9.09. The Labute approximate surface area is 205 Å². The largest absolute Gasteiger partial charge is 0.497 e. The average molecular weight is 497 g/mol. The van der Waals surface area contributed by atoms with Crippen LogP contribution in [-0.4, -0.2) is 62.8 Å². The normalized spacial score (nSPS) is 14.4. The lowest BCUT2D eigenvalue weighted by molar-refractivity contribution is -0.132. The Morgan fingerprint density at radius 2 is 1.80 bits per heavy atom. The van der Waals surface area contributed by atoms with Crippen LogP contribution < -0.4 is 20.9 Å². The van der Waals surface area contributed by atoms with E-state index in [9.17, 15) is 14.4 Å². The molecule has 0 bridgehead atoms. The molecule has 0 spiro atoms. The number of hydrogen-bond donors (Lipinski definition) is 0. The van der Waals surface area contributed by atoms with Crippen LogP contribution >= 0.6 is 11.3 Å². The SMILES string of the molecule is COc1ccc(N2CCN(C(=O)Cn3nc4n(CC(C)C)c(=O)c5sccc5n4c3=O)CC2)cc1. The van der Waals surface area contributed by atoms with Crippen molar-refractivity contribution in [3.05, 3.63) is 56.5 Å². The van der Waals surface area contributed by atoms with E-state index in [0.717, 1.165) is 11.4 Å². The molecule has 35 heavy (non-hydrogen) atoms. The molecule has 5 rings (SSSR count). The van der Waals surface area contributed by atoms with Crippen LogP contribution in [0.15, 0.2) is 45.3 Å². The summed E-state index contributed by atoms with van der Waals surface area (Å²) in [4.78, 5) is 43.4. The molecule has 11 heteroatoms. The number of aromatic nitrogens is 4. The highest BCUT2D eigenvalue weighted by atomic mass is 32.1. The first-order valence-corrected chi connectivity index (χ1v) is 12.5. The number of benzene rings is 1. The van der Waals surface area contributed by atoms with Crippen LogP contribution in [0.1, 0.15) is 13.8 Å². The summed E-state index contributed by atoms with van der Waals surface area (Å²) in [5.41, 5.74) is 1.05. The van der Waals surface area contributed by atoms with Gasteiger partial charge in [-0.25, -0.2) is 13.9 Å². The van der Waals surface area contributed by atoms with E-state index in [1.54, 1.807) is 28.0 Å². The molecule has 3 aromatic heterocycles. The summed E-state index contributed by atoms with van der Waals surface area (Å²) in [6.45, 7) is 6.79. The minimum Gasteiger partial charge on any atom is -0.497 e. The minimum atomic E-state index is -0.411. The number of carbonyl (C=O) groups is 1. The quantitative estimate of drug-likeness (QED) is 0.405. The van der Waals surface area contributed by atoms with Gasteiger partial charge in [0.2, 0.25) is 11.7 Å². The van der Waals surface area contributed by atoms with Crippen molar-refractivity contribution < 1.29 is 9.53 Å². The highest BCUT2D eigenvalue weighted by Gasteiger charge is 2.24. The zero-order valence-electron chi connectivity index (χ0n) is 20.0. The molecule has 0 N–H and O–H groups in total. The van der Waals surface area contributed by atoms with Gasteiger partial charge in [0.1, 0.15) is 17.0 Å². The fraction of sp³-hybridized carbons (Fsp3) is 0.417. The summed E-state index contributed by atoms with van der Waals surface area (Å²) >= 11 is 1.31. The molecule has 0 saturated carbocycles. The number of piperazine rings is 1. The summed E-state index contributed by atoms with van der Waals surface area (Å²) < 4.78 is 9.91. The molecule has 1 aliphatic rings. The Balaban J connectivity index is 1.37. The number of nitrogens with zero attached hydrogens (tertiary/aromatic N) is 6. The second kappa shape index (κ2) is 9.21. The molecule has 0 atom stereocenters. The number of fused-ring (bicyclic) bond motifs is 3. The van der Waals surface area contributed by atoms with Crippen molar-refractivity contribution in [3.8, 4) is 5.75 Å². The molecule has 4 aromatic rings. The van der Waals surface area contributed by atoms with Crippen molar-refractivity contribution in [2.45, 2.75) is 26.9 Å². The van der Waals surface area contributed by atoms with Crippen molar-refractivity contribution in [2.24, 2.45) is 5.92 Å². The lowest BCUT2D eigenvalue weighted by Crippen LogP contribution is -2.50. The molecular weight excluding hydrogens is 468 g/mol. The summed E-state index contributed by atoms with van der Waals surface area (Å²) in [6, 6.07) is 9.61. The van der Waals surface area contributed by atoms with Crippen molar-refractivity contribution in [1.82, 2.24) is 23.6 Å². The summed E-state index contributed by atoms with van der Waals surface area (Å²) in [5, 5.41) is 6.23. The zero-order chi connectivity index (χ0) is 24.7. The van der Waals surface area contributed by atoms with Crippen molar-refractivity contribution in [2.75, 3.05) is 38.2 Å². The zero-order valence-corrected chi connectivity index (χ0v) is 20.8. The molecule has 1 aliphatic heterocycles. The molecule has 0 radical (unpaired) electrons. The Hall–Kier alpha value is -3.60. The van der Waals surface area contributed by atoms with Crippen molar-refractivity contribution >= 4 is 38.9 Å². The molecule has 1 amide bonds. The fourth-order valence-corrected chi connectivity index (χ4v) is 5.33. The molecule has 1 saturated heterocycles. The summed E-state index contributed by atoms with van der Waals surface area (Å²) in [5.74, 6) is 1.11. The first kappa shape index (κ1) is 23.2. The fourth-order valence-electron chi connectivity index (χ4n) is 4.50. The number of methoxy groups -OCH3 is 1. The van der Waals surface area contributed by atoms with E-state index >= 15 is 0 Å². The molecule has 4 heterocycles. The van der Waals surface area contributed by atoms with Gasteiger partial charge in [0.15, 0.2) is 0 Å². The predicted molar refractivity (Wildman–Crippen MR) is 136 cm³/mol. The minimum absolute atomic E-state index is 0.158. The van der Waals surface area contributed by atoms with Gasteiger partial charge >= 0.3 is 5.69 Å². The van der Waals surface area contributed by atoms with Gasteiger partial charge in [0, 0.05) is 38.4 Å². The van der Waals surface area contributed by atoms with E-state index in [1.165, 1.54) is 20.4 Å². The number of carbonyl (C=O) groups excluding carboxylic acids is 1. The lowest BCUT2D eigenvalue weighted by Gasteiger charge is -2.36. The molecule has 184 valence electrons. The van der Waals surface area contributed by atoms with Gasteiger partial charge in [-0.3, -0.25) is 14.2 Å². The van der Waals surface area contributed by atoms with Gasteiger partial charge in [-0.1, -0.05) is 13.8 Å². The highest BCUT2D eigenvalue weighted by molar-refractivity contribution is 7.17. The van der Waals surface area contributed by atoms with Gasteiger partial charge in [-0.2, -0.15) is 0 Å². The van der Waals surface area contributed by atoms with Crippen LogP contribution in [0.3, 0.4) is 0 Å². The van der Waals surface area contributed by atoms with Crippen LogP contribution in [0.5, 0.6) is 5.75 Å².